The Morgan fingerprint density at radius 3 is 1.73 bits per heavy atom. The summed E-state index contributed by atoms with van der Waals surface area (Å²) >= 11 is 11.5. The van der Waals surface area contributed by atoms with E-state index >= 15 is 0 Å². The van der Waals surface area contributed by atoms with E-state index in [1.54, 1.807) is 0 Å². The van der Waals surface area contributed by atoms with Crippen molar-refractivity contribution in [2.24, 2.45) is 0 Å². The molecule has 0 aliphatic rings. The van der Waals surface area contributed by atoms with Gasteiger partial charge in [-0.1, -0.05) is 64.1 Å². The molecule has 92 valence electrons. The molecule has 0 aromatic carbocycles. The van der Waals surface area contributed by atoms with Gasteiger partial charge in [0.15, 0.2) is 0 Å². The number of hydrogen-bond acceptors (Lipinski definition) is 0. The van der Waals surface area contributed by atoms with Crippen LogP contribution >= 0.6 is 23.2 Å². The molecule has 3 heteroatoms. The summed E-state index contributed by atoms with van der Waals surface area (Å²) in [6.07, 6.45) is 7.82. The van der Waals surface area contributed by atoms with E-state index in [4.69, 9.17) is 23.2 Å². The van der Waals surface area contributed by atoms with Gasteiger partial charge in [-0.05, 0) is 6.42 Å². The van der Waals surface area contributed by atoms with Crippen LogP contribution in [0.4, 0.5) is 0 Å². The number of unbranched alkanes of at least 4 members (excludes halogenated alkanes) is 2. The van der Waals surface area contributed by atoms with E-state index in [9.17, 15) is 0 Å². The van der Waals surface area contributed by atoms with Crippen molar-refractivity contribution >= 4 is 32.0 Å². The van der Waals surface area contributed by atoms with E-state index in [0.29, 0.717) is 0 Å². The van der Waals surface area contributed by atoms with Crippen molar-refractivity contribution in [1.29, 1.82) is 0 Å². The lowest BCUT2D eigenvalue weighted by atomic mass is 10.4. The zero-order chi connectivity index (χ0) is 11.5. The average Bonchev–Trinajstić information content (AvgIpc) is 2.20. The second kappa shape index (κ2) is 11.3. The van der Waals surface area contributed by atoms with Crippen molar-refractivity contribution in [2.75, 3.05) is 0 Å². The summed E-state index contributed by atoms with van der Waals surface area (Å²) in [4.78, 5) is -0.142. The lowest BCUT2D eigenvalue weighted by Gasteiger charge is -2.14. The summed E-state index contributed by atoms with van der Waals surface area (Å²) in [6, 6.07) is 4.52. The molecule has 0 fully saturated rings. The van der Waals surface area contributed by atoms with Crippen molar-refractivity contribution in [2.45, 2.75) is 75.3 Å². The van der Waals surface area contributed by atoms with Crippen molar-refractivity contribution in [3.05, 3.63) is 0 Å². The van der Waals surface area contributed by atoms with Gasteiger partial charge in [-0.2, -0.15) is 0 Å². The maximum atomic E-state index is 5.75. The molecule has 0 aliphatic carbocycles. The first kappa shape index (κ1) is 15.8. The summed E-state index contributed by atoms with van der Waals surface area (Å²) in [5.74, 6) is 0. The van der Waals surface area contributed by atoms with E-state index in [0.717, 1.165) is 6.42 Å². The fourth-order valence-corrected chi connectivity index (χ4v) is 5.94. The minimum absolute atomic E-state index is 0.142. The largest absolute Gasteiger partial charge is 0.107 e. The van der Waals surface area contributed by atoms with Gasteiger partial charge in [0.1, 0.15) is 4.84 Å². The highest BCUT2D eigenvalue weighted by Gasteiger charge is 2.10. The Morgan fingerprint density at radius 2 is 1.33 bits per heavy atom. The maximum absolute atomic E-state index is 5.75. The number of alkyl halides is 2. The molecule has 0 unspecified atom stereocenters. The van der Waals surface area contributed by atoms with E-state index in [-0.39, 0.29) is 4.84 Å². The highest BCUT2D eigenvalue weighted by atomic mass is 35.5. The van der Waals surface area contributed by atoms with Crippen LogP contribution < -0.4 is 0 Å². The molecule has 0 saturated heterocycles. The van der Waals surface area contributed by atoms with Crippen LogP contribution in [-0.2, 0) is 0 Å². The predicted molar refractivity (Wildman–Crippen MR) is 76.1 cm³/mol. The highest BCUT2D eigenvalue weighted by Crippen LogP contribution is 2.19. The highest BCUT2D eigenvalue weighted by molar-refractivity contribution is 6.58. The van der Waals surface area contributed by atoms with Gasteiger partial charge < -0.3 is 0 Å². The van der Waals surface area contributed by atoms with Gasteiger partial charge in [0.2, 0.25) is 0 Å². The van der Waals surface area contributed by atoms with Gasteiger partial charge in [-0.3, -0.25) is 0 Å². The van der Waals surface area contributed by atoms with Crippen LogP contribution in [0.25, 0.3) is 0 Å². The second-order valence-electron chi connectivity index (χ2n) is 4.47. The number of rotatable bonds is 10. The Morgan fingerprint density at radius 1 is 0.867 bits per heavy atom. The summed E-state index contributed by atoms with van der Waals surface area (Å²) in [6.45, 7) is 4.58. The Kier molecular flexibility index (Phi) is 11.9. The molecule has 15 heavy (non-hydrogen) atoms. The molecular weight excluding hydrogens is 243 g/mol. The van der Waals surface area contributed by atoms with Crippen LogP contribution in [0.15, 0.2) is 0 Å². The van der Waals surface area contributed by atoms with Crippen LogP contribution in [0.2, 0.25) is 18.1 Å². The summed E-state index contributed by atoms with van der Waals surface area (Å²) in [7, 11) is -0.445. The molecule has 0 aromatic rings. The molecule has 0 amide bonds. The molecule has 0 bridgehead atoms. The minimum Gasteiger partial charge on any atom is -0.105 e. The van der Waals surface area contributed by atoms with E-state index < -0.39 is 8.80 Å². The second-order valence-corrected chi connectivity index (χ2v) is 9.21. The van der Waals surface area contributed by atoms with Crippen LogP contribution in [0, 0.1) is 0 Å². The van der Waals surface area contributed by atoms with Gasteiger partial charge in [-0.15, -0.1) is 23.2 Å². The van der Waals surface area contributed by atoms with Crippen molar-refractivity contribution in [3.8, 4) is 0 Å². The monoisotopic (exact) mass is 268 g/mol. The molecule has 0 radical (unpaired) electrons. The Labute approximate surface area is 107 Å². The molecule has 0 saturated carbocycles. The average molecular weight is 269 g/mol. The zero-order valence-corrected chi connectivity index (χ0v) is 12.9. The molecule has 0 spiro atoms. The van der Waals surface area contributed by atoms with Crippen LogP contribution in [0.5, 0.6) is 0 Å². The summed E-state index contributed by atoms with van der Waals surface area (Å²) in [5.41, 5.74) is 0. The van der Waals surface area contributed by atoms with Crippen molar-refractivity contribution in [3.63, 3.8) is 0 Å². The van der Waals surface area contributed by atoms with Gasteiger partial charge >= 0.3 is 0 Å². The topological polar surface area (TPSA) is 0 Å². The van der Waals surface area contributed by atoms with Crippen molar-refractivity contribution in [1.82, 2.24) is 0 Å². The molecule has 0 aromatic heterocycles. The lowest BCUT2D eigenvalue weighted by molar-refractivity contribution is 0.804. The SMILES string of the molecule is CCCC[SiH](CCCC)CCCC(Cl)Cl. The lowest BCUT2D eigenvalue weighted by Crippen LogP contribution is -2.12. The Hall–Kier alpha value is 0.797. The smallest absolute Gasteiger partial charge is 0.105 e. The molecule has 0 atom stereocenters. The number of hydrogen-bond donors (Lipinski definition) is 0. The van der Waals surface area contributed by atoms with Crippen LogP contribution in [0.3, 0.4) is 0 Å². The standard InChI is InChI=1S/C12H26Cl2Si/c1-3-5-9-15(10-6-4-2)11-7-8-12(13)14/h12,15H,3-11H2,1-2H3. The summed E-state index contributed by atoms with van der Waals surface area (Å²) < 4.78 is 0. The van der Waals surface area contributed by atoms with Gasteiger partial charge in [0.05, 0.1) is 0 Å². The fourth-order valence-electron chi connectivity index (χ4n) is 1.98. The van der Waals surface area contributed by atoms with Gasteiger partial charge in [-0.25, -0.2) is 0 Å². The third-order valence-electron chi connectivity index (χ3n) is 2.97. The van der Waals surface area contributed by atoms with Gasteiger partial charge in [0.25, 0.3) is 0 Å². The Balaban J connectivity index is 3.58. The van der Waals surface area contributed by atoms with E-state index in [2.05, 4.69) is 13.8 Å². The molecule has 0 aliphatic heterocycles. The molecular formula is C12H26Cl2Si. The molecule has 0 N–H and O–H groups in total. The minimum atomic E-state index is -0.445. The quantitative estimate of drug-likeness (QED) is 0.368. The van der Waals surface area contributed by atoms with Crippen molar-refractivity contribution < 1.29 is 0 Å². The molecule has 0 rings (SSSR count). The van der Waals surface area contributed by atoms with Crippen LogP contribution in [0.1, 0.15) is 52.4 Å². The van der Waals surface area contributed by atoms with Crippen LogP contribution in [-0.4, -0.2) is 13.6 Å². The maximum Gasteiger partial charge on any atom is 0.107 e. The molecule has 0 heterocycles. The third kappa shape index (κ3) is 11.1. The first-order valence-electron chi connectivity index (χ1n) is 6.48. The Bertz CT molecular complexity index is 121. The molecule has 0 nitrogen and oxygen atoms in total. The summed E-state index contributed by atoms with van der Waals surface area (Å²) in [5, 5.41) is 0. The third-order valence-corrected chi connectivity index (χ3v) is 7.08. The first-order chi connectivity index (χ1) is 7.20. The predicted octanol–water partition coefficient (Wildman–Crippen LogP) is 5.40. The van der Waals surface area contributed by atoms with Gasteiger partial charge in [0, 0.05) is 8.80 Å². The zero-order valence-electron chi connectivity index (χ0n) is 10.3. The normalized spacial score (nSPS) is 11.6. The van der Waals surface area contributed by atoms with E-state index in [1.807, 2.05) is 0 Å². The van der Waals surface area contributed by atoms with E-state index in [1.165, 1.54) is 50.2 Å². The first-order valence-corrected chi connectivity index (χ1v) is 9.81. The fraction of sp³-hybridized carbons (Fsp3) is 1.00. The number of halogens is 2.